The summed E-state index contributed by atoms with van der Waals surface area (Å²) in [5.74, 6) is 0. The normalized spacial score (nSPS) is 14.1. The van der Waals surface area contributed by atoms with Crippen molar-refractivity contribution in [3.05, 3.63) is 24.3 Å². The summed E-state index contributed by atoms with van der Waals surface area (Å²) in [7, 11) is -3.83. The first-order chi connectivity index (χ1) is 9.07. The second-order valence-corrected chi connectivity index (χ2v) is 7.06. The summed E-state index contributed by atoms with van der Waals surface area (Å²) in [4.78, 5) is 0.717. The molecule has 1 rings (SSSR count). The van der Waals surface area contributed by atoms with Crippen LogP contribution >= 0.6 is 11.6 Å². The van der Waals surface area contributed by atoms with Crippen LogP contribution in [0.15, 0.2) is 29.2 Å². The van der Waals surface area contributed by atoms with E-state index in [1.165, 1.54) is 30.1 Å². The molecule has 1 atom stereocenters. The summed E-state index contributed by atoms with van der Waals surface area (Å²) >= 11 is 5.79. The first-order valence-corrected chi connectivity index (χ1v) is 7.75. The van der Waals surface area contributed by atoms with E-state index in [0.29, 0.717) is 13.0 Å². The molecule has 0 radical (unpaired) electrons. The molecule has 20 heavy (non-hydrogen) atoms. The molecule has 114 valence electrons. The van der Waals surface area contributed by atoms with Crippen LogP contribution in [0.5, 0.6) is 0 Å². The molecule has 0 bridgehead atoms. The van der Waals surface area contributed by atoms with Crippen LogP contribution in [0, 0.1) is 0 Å². The zero-order chi connectivity index (χ0) is 15.6. The van der Waals surface area contributed by atoms with Gasteiger partial charge >= 0.3 is 5.51 Å². The highest BCUT2D eigenvalue weighted by Gasteiger charge is 2.48. The zero-order valence-corrected chi connectivity index (χ0v) is 12.6. The number of rotatable bonds is 5. The monoisotopic (exact) mass is 329 g/mol. The Bertz CT molecular complexity index is 558. The average Bonchev–Trinajstić information content (AvgIpc) is 2.34. The van der Waals surface area contributed by atoms with Crippen LogP contribution in [0.2, 0.25) is 0 Å². The Morgan fingerprint density at radius 2 is 1.85 bits per heavy atom. The molecule has 8 heteroatoms. The summed E-state index contributed by atoms with van der Waals surface area (Å²) in [6.45, 7) is 2.11. The van der Waals surface area contributed by atoms with E-state index in [4.69, 9.17) is 11.6 Å². The molecular weight excluding hydrogens is 315 g/mol. The van der Waals surface area contributed by atoms with Gasteiger partial charge in [-0.2, -0.15) is 13.2 Å². The van der Waals surface area contributed by atoms with Crippen molar-refractivity contribution in [2.45, 2.75) is 29.1 Å². The van der Waals surface area contributed by atoms with E-state index in [0.717, 1.165) is 6.07 Å². The Kier molecular flexibility index (Phi) is 5.32. The van der Waals surface area contributed by atoms with Crippen LogP contribution < -0.4 is 4.90 Å². The molecule has 1 unspecified atom stereocenters. The quantitative estimate of drug-likeness (QED) is 0.777. The third kappa shape index (κ3) is 3.79. The van der Waals surface area contributed by atoms with Crippen LogP contribution in [0.3, 0.4) is 0 Å². The van der Waals surface area contributed by atoms with Crippen molar-refractivity contribution < 1.29 is 21.6 Å². The summed E-state index contributed by atoms with van der Waals surface area (Å²) < 4.78 is 61.0. The van der Waals surface area contributed by atoms with Crippen LogP contribution in [0.25, 0.3) is 0 Å². The Morgan fingerprint density at radius 1 is 1.30 bits per heavy atom. The van der Waals surface area contributed by atoms with E-state index in [-0.39, 0.29) is 11.1 Å². The maximum absolute atomic E-state index is 12.6. The lowest BCUT2D eigenvalue weighted by Gasteiger charge is -2.23. The summed E-state index contributed by atoms with van der Waals surface area (Å²) in [5, 5.41) is -0.149. The Balaban J connectivity index is 3.18. The highest BCUT2D eigenvalue weighted by molar-refractivity contribution is 7.92. The number of alkyl halides is 4. The molecule has 3 nitrogen and oxygen atoms in total. The van der Waals surface area contributed by atoms with Gasteiger partial charge in [0.05, 0.1) is 10.6 Å². The van der Waals surface area contributed by atoms with E-state index in [9.17, 15) is 21.6 Å². The van der Waals surface area contributed by atoms with Crippen LogP contribution in [0.1, 0.15) is 13.3 Å². The van der Waals surface area contributed by atoms with Gasteiger partial charge in [0.1, 0.15) is 0 Å². The number of hydrogen-bond donors (Lipinski definition) is 0. The molecule has 0 fully saturated rings. The van der Waals surface area contributed by atoms with Gasteiger partial charge in [-0.3, -0.25) is 0 Å². The van der Waals surface area contributed by atoms with Crippen molar-refractivity contribution in [2.75, 3.05) is 18.5 Å². The molecule has 0 heterocycles. The van der Waals surface area contributed by atoms with Crippen LogP contribution in [-0.4, -0.2) is 32.9 Å². The zero-order valence-electron chi connectivity index (χ0n) is 11.0. The minimum atomic E-state index is -5.37. The predicted octanol–water partition coefficient (Wildman–Crippen LogP) is 3.43. The predicted molar refractivity (Wildman–Crippen MR) is 72.9 cm³/mol. The standard InChI is InChI=1S/C12H15ClF3NO2S/c1-9(13)7-8-17(2)10-5-3-4-6-11(10)20(18,19)12(14,15)16/h3-6,9H,7-8H2,1-2H3. The molecule has 0 saturated heterocycles. The van der Waals surface area contributed by atoms with E-state index in [1.54, 1.807) is 6.92 Å². The molecule has 0 saturated carbocycles. The van der Waals surface area contributed by atoms with Crippen molar-refractivity contribution in [1.82, 2.24) is 0 Å². The van der Waals surface area contributed by atoms with Gasteiger partial charge in [-0.25, -0.2) is 8.42 Å². The van der Waals surface area contributed by atoms with Gasteiger partial charge in [-0.05, 0) is 25.5 Å². The van der Waals surface area contributed by atoms with Gasteiger partial charge in [0, 0.05) is 19.0 Å². The van der Waals surface area contributed by atoms with Gasteiger partial charge in [0.25, 0.3) is 9.84 Å². The molecule has 0 aliphatic carbocycles. The second kappa shape index (κ2) is 6.22. The number of anilines is 1. The van der Waals surface area contributed by atoms with E-state index in [2.05, 4.69) is 0 Å². The van der Waals surface area contributed by atoms with Gasteiger partial charge in [-0.1, -0.05) is 12.1 Å². The molecule has 1 aromatic rings. The lowest BCUT2D eigenvalue weighted by Crippen LogP contribution is -2.27. The van der Waals surface area contributed by atoms with Crippen molar-refractivity contribution in [2.24, 2.45) is 0 Å². The number of sulfone groups is 1. The fraction of sp³-hybridized carbons (Fsp3) is 0.500. The Labute approximate surface area is 121 Å². The number of hydrogen-bond acceptors (Lipinski definition) is 3. The smallest absolute Gasteiger partial charge is 0.373 e. The van der Waals surface area contributed by atoms with Gasteiger partial charge in [0.2, 0.25) is 0 Å². The lowest BCUT2D eigenvalue weighted by molar-refractivity contribution is -0.0435. The fourth-order valence-electron chi connectivity index (χ4n) is 1.62. The van der Waals surface area contributed by atoms with Crippen LogP contribution in [-0.2, 0) is 9.84 Å². The summed E-state index contributed by atoms with van der Waals surface area (Å²) in [6, 6.07) is 5.06. The highest BCUT2D eigenvalue weighted by Crippen LogP contribution is 2.35. The average molecular weight is 330 g/mol. The van der Waals surface area contributed by atoms with Crippen molar-refractivity contribution >= 4 is 27.1 Å². The van der Waals surface area contributed by atoms with Crippen molar-refractivity contribution in [3.63, 3.8) is 0 Å². The molecule has 1 aromatic carbocycles. The number of halogens is 4. The first kappa shape index (κ1) is 17.1. The molecule has 0 spiro atoms. The number of para-hydroxylation sites is 1. The summed E-state index contributed by atoms with van der Waals surface area (Å²) in [6.07, 6.45) is 0.526. The van der Waals surface area contributed by atoms with E-state index < -0.39 is 20.2 Å². The van der Waals surface area contributed by atoms with Gasteiger partial charge in [0.15, 0.2) is 0 Å². The van der Waals surface area contributed by atoms with Gasteiger partial charge < -0.3 is 4.90 Å². The van der Waals surface area contributed by atoms with E-state index in [1.807, 2.05) is 0 Å². The SMILES string of the molecule is CC(Cl)CCN(C)c1ccccc1S(=O)(=O)C(F)(F)F. The van der Waals surface area contributed by atoms with Crippen molar-refractivity contribution in [1.29, 1.82) is 0 Å². The third-order valence-electron chi connectivity index (χ3n) is 2.73. The van der Waals surface area contributed by atoms with E-state index >= 15 is 0 Å². The maximum atomic E-state index is 12.6. The number of nitrogens with zero attached hydrogens (tertiary/aromatic N) is 1. The largest absolute Gasteiger partial charge is 0.501 e. The third-order valence-corrected chi connectivity index (χ3v) is 4.48. The molecule has 0 N–H and O–H groups in total. The Hall–Kier alpha value is -0.950. The fourth-order valence-corrected chi connectivity index (χ4v) is 2.72. The summed E-state index contributed by atoms with van der Waals surface area (Å²) in [5.41, 5.74) is -5.30. The minimum Gasteiger partial charge on any atom is -0.373 e. The second-order valence-electron chi connectivity index (χ2n) is 4.41. The molecule has 0 aliphatic heterocycles. The minimum absolute atomic E-state index is 0.0159. The molecule has 0 amide bonds. The topological polar surface area (TPSA) is 37.4 Å². The molecule has 0 aliphatic rings. The maximum Gasteiger partial charge on any atom is 0.501 e. The highest BCUT2D eigenvalue weighted by atomic mass is 35.5. The number of benzene rings is 1. The van der Waals surface area contributed by atoms with Gasteiger partial charge in [-0.15, -0.1) is 11.6 Å². The first-order valence-electron chi connectivity index (χ1n) is 5.83. The van der Waals surface area contributed by atoms with Crippen LogP contribution in [0.4, 0.5) is 18.9 Å². The Morgan fingerprint density at radius 3 is 2.35 bits per heavy atom. The molecular formula is C12H15ClF3NO2S. The molecule has 0 aromatic heterocycles. The lowest BCUT2D eigenvalue weighted by atomic mass is 10.2. The van der Waals surface area contributed by atoms with Crippen molar-refractivity contribution in [3.8, 4) is 0 Å².